The number of anilines is 1. The van der Waals surface area contributed by atoms with Crippen LogP contribution in [-0.4, -0.2) is 30.5 Å². The normalized spacial score (nSPS) is 11.6. The number of nitrogens with zero attached hydrogens (tertiary/aromatic N) is 2. The number of carbonyl (C=O) groups is 1. The first-order valence-electron chi connectivity index (χ1n) is 7.38. The molecule has 0 atom stereocenters. The molecule has 0 aliphatic heterocycles. The van der Waals surface area contributed by atoms with Crippen molar-refractivity contribution in [3.05, 3.63) is 53.7 Å². The number of hydrogen-bond donors (Lipinski definition) is 2. The maximum atomic E-state index is 12.4. The first-order chi connectivity index (χ1) is 11.8. The number of rotatable bonds is 5. The highest BCUT2D eigenvalue weighted by Crippen LogP contribution is 2.20. The zero-order valence-electron chi connectivity index (χ0n) is 13.6. The van der Waals surface area contributed by atoms with E-state index in [2.05, 4.69) is 20.0 Å². The Balaban J connectivity index is 1.75. The zero-order chi connectivity index (χ0) is 18.0. The SMILES string of the molecule is Cc1nc2ccc(NC(=O)c3ccnc(CNS(C)(=O)=O)c3)cc2o1. The van der Waals surface area contributed by atoms with E-state index in [0.717, 1.165) is 6.26 Å². The van der Waals surface area contributed by atoms with Crippen molar-refractivity contribution in [2.45, 2.75) is 13.5 Å². The molecule has 9 heteroatoms. The van der Waals surface area contributed by atoms with Crippen LogP contribution in [0.25, 0.3) is 11.1 Å². The van der Waals surface area contributed by atoms with Gasteiger partial charge in [0.2, 0.25) is 10.0 Å². The number of amides is 1. The van der Waals surface area contributed by atoms with E-state index in [1.54, 1.807) is 31.2 Å². The van der Waals surface area contributed by atoms with E-state index < -0.39 is 10.0 Å². The number of aryl methyl sites for hydroxylation is 1. The largest absolute Gasteiger partial charge is 0.441 e. The predicted molar refractivity (Wildman–Crippen MR) is 92.6 cm³/mol. The fourth-order valence-electron chi connectivity index (χ4n) is 2.24. The average molecular weight is 360 g/mol. The molecule has 0 aliphatic carbocycles. The van der Waals surface area contributed by atoms with Gasteiger partial charge in [-0.25, -0.2) is 18.1 Å². The van der Waals surface area contributed by atoms with Crippen LogP contribution in [-0.2, 0) is 16.6 Å². The van der Waals surface area contributed by atoms with Gasteiger partial charge in [-0.05, 0) is 24.3 Å². The summed E-state index contributed by atoms with van der Waals surface area (Å²) in [6.45, 7) is 1.77. The number of nitrogens with one attached hydrogen (secondary N) is 2. The van der Waals surface area contributed by atoms with Crippen molar-refractivity contribution in [1.82, 2.24) is 14.7 Å². The minimum atomic E-state index is -3.33. The molecular weight excluding hydrogens is 344 g/mol. The molecule has 3 rings (SSSR count). The van der Waals surface area contributed by atoms with Crippen molar-refractivity contribution in [1.29, 1.82) is 0 Å². The lowest BCUT2D eigenvalue weighted by molar-refractivity contribution is 0.102. The molecule has 25 heavy (non-hydrogen) atoms. The van der Waals surface area contributed by atoms with Gasteiger partial charge in [0.1, 0.15) is 5.52 Å². The topological polar surface area (TPSA) is 114 Å². The average Bonchev–Trinajstić information content (AvgIpc) is 2.92. The molecule has 0 bridgehead atoms. The Morgan fingerprint density at radius 2 is 2.04 bits per heavy atom. The number of carbonyl (C=O) groups excluding carboxylic acids is 1. The molecular formula is C16H16N4O4S. The second-order valence-corrected chi connectivity index (χ2v) is 7.33. The van der Waals surface area contributed by atoms with Gasteiger partial charge in [-0.15, -0.1) is 0 Å². The Morgan fingerprint density at radius 1 is 1.24 bits per heavy atom. The van der Waals surface area contributed by atoms with Crippen molar-refractivity contribution < 1.29 is 17.6 Å². The monoisotopic (exact) mass is 360 g/mol. The molecule has 3 aromatic rings. The van der Waals surface area contributed by atoms with Crippen LogP contribution in [0.5, 0.6) is 0 Å². The van der Waals surface area contributed by atoms with Gasteiger partial charge in [0.05, 0.1) is 18.5 Å². The Bertz CT molecular complexity index is 1040. The van der Waals surface area contributed by atoms with Gasteiger partial charge in [0.15, 0.2) is 11.5 Å². The standard InChI is InChI=1S/C16H16N4O4S/c1-10-19-14-4-3-12(8-15(14)24-10)20-16(21)11-5-6-17-13(7-11)9-18-25(2,22)23/h3-8,18H,9H2,1-2H3,(H,20,21). The van der Waals surface area contributed by atoms with Crippen LogP contribution in [0.4, 0.5) is 5.69 Å². The smallest absolute Gasteiger partial charge is 0.255 e. The van der Waals surface area contributed by atoms with Crippen LogP contribution in [0.3, 0.4) is 0 Å². The lowest BCUT2D eigenvalue weighted by Crippen LogP contribution is -2.22. The van der Waals surface area contributed by atoms with Crippen LogP contribution in [0.15, 0.2) is 40.9 Å². The van der Waals surface area contributed by atoms with E-state index in [4.69, 9.17) is 4.42 Å². The summed E-state index contributed by atoms with van der Waals surface area (Å²) in [4.78, 5) is 20.6. The molecule has 0 fully saturated rings. The second-order valence-electron chi connectivity index (χ2n) is 5.50. The zero-order valence-corrected chi connectivity index (χ0v) is 14.4. The number of hydrogen-bond acceptors (Lipinski definition) is 6. The molecule has 0 spiro atoms. The molecule has 0 saturated carbocycles. The van der Waals surface area contributed by atoms with Crippen molar-refractivity contribution in [2.75, 3.05) is 11.6 Å². The first-order valence-corrected chi connectivity index (χ1v) is 9.27. The number of aromatic nitrogens is 2. The van der Waals surface area contributed by atoms with Gasteiger partial charge < -0.3 is 9.73 Å². The highest BCUT2D eigenvalue weighted by molar-refractivity contribution is 7.88. The van der Waals surface area contributed by atoms with Crippen molar-refractivity contribution in [2.24, 2.45) is 0 Å². The summed E-state index contributed by atoms with van der Waals surface area (Å²) in [7, 11) is -3.33. The van der Waals surface area contributed by atoms with Gasteiger partial charge in [-0.3, -0.25) is 9.78 Å². The van der Waals surface area contributed by atoms with E-state index >= 15 is 0 Å². The van der Waals surface area contributed by atoms with Crippen LogP contribution < -0.4 is 10.0 Å². The second kappa shape index (κ2) is 6.61. The van der Waals surface area contributed by atoms with Gasteiger partial charge in [0, 0.05) is 30.4 Å². The van der Waals surface area contributed by atoms with Gasteiger partial charge in [0.25, 0.3) is 5.91 Å². The molecule has 0 radical (unpaired) electrons. The first kappa shape index (κ1) is 17.1. The Hall–Kier alpha value is -2.78. The third kappa shape index (κ3) is 4.40. The maximum absolute atomic E-state index is 12.4. The maximum Gasteiger partial charge on any atom is 0.255 e. The number of sulfonamides is 1. The molecule has 1 aromatic carbocycles. The van der Waals surface area contributed by atoms with E-state index in [-0.39, 0.29) is 12.5 Å². The van der Waals surface area contributed by atoms with Crippen LogP contribution in [0.2, 0.25) is 0 Å². The molecule has 8 nitrogen and oxygen atoms in total. The third-order valence-electron chi connectivity index (χ3n) is 3.35. The van der Waals surface area contributed by atoms with Gasteiger partial charge in [-0.1, -0.05) is 0 Å². The molecule has 0 unspecified atom stereocenters. The fourth-order valence-corrected chi connectivity index (χ4v) is 2.65. The third-order valence-corrected chi connectivity index (χ3v) is 4.02. The molecule has 0 aliphatic rings. The van der Waals surface area contributed by atoms with Crippen molar-refractivity contribution >= 4 is 32.7 Å². The Kier molecular flexibility index (Phi) is 4.51. The molecule has 0 saturated heterocycles. The van der Waals surface area contributed by atoms with Gasteiger partial charge >= 0.3 is 0 Å². The quantitative estimate of drug-likeness (QED) is 0.717. The summed E-state index contributed by atoms with van der Waals surface area (Å²) in [5, 5.41) is 2.77. The highest BCUT2D eigenvalue weighted by Gasteiger charge is 2.10. The van der Waals surface area contributed by atoms with E-state index in [1.165, 1.54) is 12.3 Å². The Labute approximate surface area is 144 Å². The summed E-state index contributed by atoms with van der Waals surface area (Å²) >= 11 is 0. The lowest BCUT2D eigenvalue weighted by atomic mass is 10.2. The van der Waals surface area contributed by atoms with Crippen LogP contribution in [0.1, 0.15) is 21.9 Å². The summed E-state index contributed by atoms with van der Waals surface area (Å²) < 4.78 is 30.1. The number of fused-ring (bicyclic) bond motifs is 1. The predicted octanol–water partition coefficient (Wildman–Crippen LogP) is 1.83. The minimum Gasteiger partial charge on any atom is -0.441 e. The number of oxazole rings is 1. The fraction of sp³-hybridized carbons (Fsp3) is 0.188. The summed E-state index contributed by atoms with van der Waals surface area (Å²) in [5.41, 5.74) is 2.69. The molecule has 1 amide bonds. The van der Waals surface area contributed by atoms with E-state index in [0.29, 0.717) is 33.9 Å². The highest BCUT2D eigenvalue weighted by atomic mass is 32.2. The molecule has 2 N–H and O–H groups in total. The van der Waals surface area contributed by atoms with Gasteiger partial charge in [-0.2, -0.15) is 0 Å². The van der Waals surface area contributed by atoms with E-state index in [9.17, 15) is 13.2 Å². The number of benzene rings is 1. The van der Waals surface area contributed by atoms with Crippen LogP contribution >= 0.6 is 0 Å². The number of pyridine rings is 1. The molecule has 2 aromatic heterocycles. The lowest BCUT2D eigenvalue weighted by Gasteiger charge is -2.07. The summed E-state index contributed by atoms with van der Waals surface area (Å²) in [6.07, 6.45) is 2.52. The Morgan fingerprint density at radius 3 is 2.80 bits per heavy atom. The van der Waals surface area contributed by atoms with E-state index in [1.807, 2.05) is 0 Å². The van der Waals surface area contributed by atoms with Crippen LogP contribution in [0, 0.1) is 6.92 Å². The summed E-state index contributed by atoms with van der Waals surface area (Å²) in [5.74, 6) is 0.217. The molecule has 130 valence electrons. The molecule has 2 heterocycles. The van der Waals surface area contributed by atoms with Crippen molar-refractivity contribution in [3.63, 3.8) is 0 Å². The minimum absolute atomic E-state index is 0.0171. The van der Waals surface area contributed by atoms with Crippen molar-refractivity contribution in [3.8, 4) is 0 Å². The summed E-state index contributed by atoms with van der Waals surface area (Å²) in [6, 6.07) is 8.27.